The summed E-state index contributed by atoms with van der Waals surface area (Å²) in [6, 6.07) is 10.4. The Kier molecular flexibility index (Phi) is 8.41. The van der Waals surface area contributed by atoms with Crippen molar-refractivity contribution in [1.29, 1.82) is 0 Å². The Morgan fingerprint density at radius 2 is 1.54 bits per heavy atom. The van der Waals surface area contributed by atoms with Gasteiger partial charge in [-0.1, -0.05) is 12.1 Å². The van der Waals surface area contributed by atoms with E-state index in [4.69, 9.17) is 18.9 Å². The fourth-order valence-corrected chi connectivity index (χ4v) is 5.62. The minimum Gasteiger partial charge on any atom is -0.494 e. The molecule has 0 saturated heterocycles. The summed E-state index contributed by atoms with van der Waals surface area (Å²) in [6.07, 6.45) is 2.33. The molecular weight excluding hydrogens is 524 g/mol. The van der Waals surface area contributed by atoms with E-state index in [1.54, 1.807) is 67.2 Å². The van der Waals surface area contributed by atoms with Gasteiger partial charge in [-0.25, -0.2) is 23.4 Å². The highest BCUT2D eigenvalue weighted by atomic mass is 32.2. The topological polar surface area (TPSA) is 140 Å². The zero-order valence-corrected chi connectivity index (χ0v) is 23.3. The first-order valence-corrected chi connectivity index (χ1v) is 13.7. The second-order valence-corrected chi connectivity index (χ2v) is 10.9. The van der Waals surface area contributed by atoms with Crippen molar-refractivity contribution in [1.82, 2.24) is 29.7 Å². The van der Waals surface area contributed by atoms with Crippen LogP contribution in [-0.2, 0) is 20.3 Å². The van der Waals surface area contributed by atoms with Crippen molar-refractivity contribution in [3.8, 4) is 34.6 Å². The predicted molar refractivity (Wildman–Crippen MR) is 143 cm³/mol. The highest BCUT2D eigenvalue weighted by Gasteiger charge is 2.34. The summed E-state index contributed by atoms with van der Waals surface area (Å²) in [5, 5.41) is 7.66. The summed E-state index contributed by atoms with van der Waals surface area (Å²) < 4.78 is 51.2. The van der Waals surface area contributed by atoms with Crippen molar-refractivity contribution in [2.24, 2.45) is 0 Å². The molecule has 3 aromatic heterocycles. The number of hydrogen-bond donors (Lipinski definition) is 0. The van der Waals surface area contributed by atoms with E-state index in [0.717, 1.165) is 0 Å². The smallest absolute Gasteiger partial charge is 0.213 e. The Hall–Kier alpha value is -4.10. The molecule has 0 saturated carbocycles. The van der Waals surface area contributed by atoms with Crippen LogP contribution in [0.4, 0.5) is 0 Å². The lowest BCUT2D eigenvalue weighted by atomic mass is 10.1. The van der Waals surface area contributed by atoms with E-state index < -0.39 is 26.9 Å². The largest absolute Gasteiger partial charge is 0.494 e. The molecule has 12 nitrogen and oxygen atoms in total. The van der Waals surface area contributed by atoms with E-state index in [1.165, 1.54) is 28.4 Å². The van der Waals surface area contributed by atoms with Gasteiger partial charge < -0.3 is 18.9 Å². The van der Waals surface area contributed by atoms with E-state index in [0.29, 0.717) is 40.1 Å². The maximum absolute atomic E-state index is 13.8. The van der Waals surface area contributed by atoms with Gasteiger partial charge in [0, 0.05) is 31.1 Å². The third kappa shape index (κ3) is 5.68. The maximum atomic E-state index is 13.8. The third-order valence-corrected chi connectivity index (χ3v) is 8.26. The summed E-state index contributed by atoms with van der Waals surface area (Å²) in [6.45, 7) is 3.33. The lowest BCUT2D eigenvalue weighted by Gasteiger charge is -2.23. The molecule has 4 aromatic rings. The van der Waals surface area contributed by atoms with Crippen molar-refractivity contribution >= 4 is 9.84 Å². The van der Waals surface area contributed by atoms with Gasteiger partial charge >= 0.3 is 0 Å². The summed E-state index contributed by atoms with van der Waals surface area (Å²) in [5.74, 6) is 1.75. The predicted octanol–water partition coefficient (Wildman–Crippen LogP) is 3.14. The fourth-order valence-electron chi connectivity index (χ4n) is 4.16. The monoisotopic (exact) mass is 554 g/mol. The molecule has 0 spiro atoms. The first-order chi connectivity index (χ1) is 18.7. The molecule has 4 rings (SSSR count). The molecule has 2 atom stereocenters. The molecule has 0 radical (unpaired) electrons. The zero-order chi connectivity index (χ0) is 28.2. The number of aromatic nitrogens is 6. The van der Waals surface area contributed by atoms with Gasteiger partial charge in [0.2, 0.25) is 5.88 Å². The van der Waals surface area contributed by atoms with E-state index in [9.17, 15) is 8.42 Å². The van der Waals surface area contributed by atoms with Gasteiger partial charge in [-0.3, -0.25) is 4.57 Å². The Labute approximate surface area is 226 Å². The van der Waals surface area contributed by atoms with Gasteiger partial charge in [-0.2, -0.15) is 0 Å². The van der Waals surface area contributed by atoms with E-state index >= 15 is 0 Å². The quantitative estimate of drug-likeness (QED) is 0.270. The average molecular weight is 555 g/mol. The number of methoxy groups -OCH3 is 4. The number of pyridine rings is 1. The van der Waals surface area contributed by atoms with Crippen LogP contribution in [0.25, 0.3) is 17.2 Å². The fraction of sp³-hybridized carbons (Fsp3) is 0.346. The number of sulfone groups is 1. The standard InChI is InChI=1S/C26H30N6O6S/c1-16(25(38-6)18-13-27-17(2)28-14-18)39(33,34)15-22-30-31-26(19-9-7-12-23(29-19)37-5)32(22)24-20(35-3)10-8-11-21(24)36-4/h7-14,16,25H,15H2,1-6H3/t16-,25+/m0/s1. The zero-order valence-electron chi connectivity index (χ0n) is 22.5. The minimum absolute atomic E-state index is 0.138. The van der Waals surface area contributed by atoms with Crippen molar-refractivity contribution in [3.05, 3.63) is 66.0 Å². The van der Waals surface area contributed by atoms with Crippen LogP contribution < -0.4 is 14.2 Å². The van der Waals surface area contributed by atoms with Crippen LogP contribution in [0, 0.1) is 6.92 Å². The van der Waals surface area contributed by atoms with Crippen molar-refractivity contribution < 1.29 is 27.4 Å². The van der Waals surface area contributed by atoms with Crippen LogP contribution >= 0.6 is 0 Å². The molecule has 0 aliphatic rings. The minimum atomic E-state index is -3.86. The van der Waals surface area contributed by atoms with Crippen molar-refractivity contribution in [2.45, 2.75) is 31.0 Å². The molecular formula is C26H30N6O6S. The van der Waals surface area contributed by atoms with Crippen molar-refractivity contribution in [3.63, 3.8) is 0 Å². The first kappa shape index (κ1) is 27.9. The van der Waals surface area contributed by atoms with E-state index in [-0.39, 0.29) is 11.6 Å². The van der Waals surface area contributed by atoms with Gasteiger partial charge in [0.05, 0.1) is 26.6 Å². The summed E-state index contributed by atoms with van der Waals surface area (Å²) in [7, 11) is 2.11. The third-order valence-electron chi connectivity index (χ3n) is 6.22. The van der Waals surface area contributed by atoms with Crippen LogP contribution in [0.3, 0.4) is 0 Å². The molecule has 0 bridgehead atoms. The number of para-hydroxylation sites is 1. The van der Waals surface area contributed by atoms with Crippen molar-refractivity contribution in [2.75, 3.05) is 28.4 Å². The number of aryl methyl sites for hydroxylation is 1. The Bertz CT molecular complexity index is 1520. The van der Waals surface area contributed by atoms with E-state index in [1.807, 2.05) is 0 Å². The van der Waals surface area contributed by atoms with Crippen LogP contribution in [0.1, 0.15) is 30.2 Å². The number of hydrogen-bond acceptors (Lipinski definition) is 11. The second kappa shape index (κ2) is 11.7. The number of rotatable bonds is 11. The molecule has 0 aliphatic carbocycles. The summed E-state index contributed by atoms with van der Waals surface area (Å²) in [5.41, 5.74) is 1.39. The van der Waals surface area contributed by atoms with Crippen LogP contribution in [0.15, 0.2) is 48.8 Å². The van der Waals surface area contributed by atoms with Gasteiger partial charge in [0.15, 0.2) is 21.5 Å². The van der Waals surface area contributed by atoms with E-state index in [2.05, 4.69) is 25.1 Å². The van der Waals surface area contributed by atoms with Gasteiger partial charge in [-0.05, 0) is 32.0 Å². The highest BCUT2D eigenvalue weighted by Crippen LogP contribution is 2.37. The number of benzene rings is 1. The Balaban J connectivity index is 1.85. The maximum Gasteiger partial charge on any atom is 0.213 e. The lowest BCUT2D eigenvalue weighted by Crippen LogP contribution is -2.29. The lowest BCUT2D eigenvalue weighted by molar-refractivity contribution is 0.102. The summed E-state index contributed by atoms with van der Waals surface area (Å²) in [4.78, 5) is 12.8. The van der Waals surface area contributed by atoms with Crippen LogP contribution in [0.2, 0.25) is 0 Å². The molecule has 39 heavy (non-hydrogen) atoms. The van der Waals surface area contributed by atoms with Crippen LogP contribution in [-0.4, -0.2) is 71.8 Å². The average Bonchev–Trinajstić information content (AvgIpc) is 3.35. The first-order valence-electron chi connectivity index (χ1n) is 11.9. The second-order valence-electron chi connectivity index (χ2n) is 8.58. The molecule has 3 heterocycles. The van der Waals surface area contributed by atoms with Crippen LogP contribution in [0.5, 0.6) is 17.4 Å². The Morgan fingerprint density at radius 3 is 2.13 bits per heavy atom. The Morgan fingerprint density at radius 1 is 0.897 bits per heavy atom. The molecule has 206 valence electrons. The molecule has 0 unspecified atom stereocenters. The summed E-state index contributed by atoms with van der Waals surface area (Å²) >= 11 is 0. The number of ether oxygens (including phenoxy) is 4. The molecule has 0 amide bonds. The van der Waals surface area contributed by atoms with Gasteiger partial charge in [0.1, 0.15) is 40.6 Å². The normalized spacial score (nSPS) is 13.1. The van der Waals surface area contributed by atoms with Gasteiger partial charge in [-0.15, -0.1) is 10.2 Å². The molecule has 0 aliphatic heterocycles. The highest BCUT2D eigenvalue weighted by molar-refractivity contribution is 7.91. The molecule has 0 fully saturated rings. The van der Waals surface area contributed by atoms with Gasteiger partial charge in [0.25, 0.3) is 0 Å². The molecule has 0 N–H and O–H groups in total. The number of nitrogens with zero attached hydrogens (tertiary/aromatic N) is 6. The molecule has 13 heteroatoms. The molecule has 1 aromatic carbocycles. The SMILES string of the molecule is COc1cccc(-c2nnc(CS(=O)(=O)[C@@H](C)[C@@H](OC)c3cnc(C)nc3)n2-c2c(OC)cccc2OC)n1.